The quantitative estimate of drug-likeness (QED) is 0.839. The van der Waals surface area contributed by atoms with Gasteiger partial charge in [-0.05, 0) is 37.6 Å². The van der Waals surface area contributed by atoms with Crippen LogP contribution in [0.5, 0.6) is 0 Å². The Morgan fingerprint density at radius 3 is 2.28 bits per heavy atom. The SMILES string of the molecule is CN(CC(=O)Nc1ccc(Cl)c(Cl)c1)C(=O)C(C)(C)c1ccccc1. The number of halogens is 2. The van der Waals surface area contributed by atoms with E-state index in [1.54, 1.807) is 25.2 Å². The molecule has 6 heteroatoms. The summed E-state index contributed by atoms with van der Waals surface area (Å²) in [5.74, 6) is -0.443. The number of nitrogens with zero attached hydrogens (tertiary/aromatic N) is 1. The van der Waals surface area contributed by atoms with Crippen LogP contribution < -0.4 is 5.32 Å². The molecule has 0 radical (unpaired) electrons. The molecular weight excluding hydrogens is 359 g/mol. The zero-order chi connectivity index (χ0) is 18.6. The molecule has 0 spiro atoms. The third-order valence-electron chi connectivity index (χ3n) is 3.96. The summed E-state index contributed by atoms with van der Waals surface area (Å²) in [6, 6.07) is 14.3. The average Bonchev–Trinajstić information content (AvgIpc) is 2.58. The van der Waals surface area contributed by atoms with E-state index in [1.807, 2.05) is 44.2 Å². The normalized spacial score (nSPS) is 11.1. The maximum atomic E-state index is 12.8. The minimum atomic E-state index is -0.722. The number of nitrogens with one attached hydrogen (secondary N) is 1. The minimum absolute atomic E-state index is 0.0602. The van der Waals surface area contributed by atoms with Crippen molar-refractivity contribution in [2.45, 2.75) is 19.3 Å². The monoisotopic (exact) mass is 378 g/mol. The molecule has 0 fully saturated rings. The van der Waals surface area contributed by atoms with E-state index in [2.05, 4.69) is 5.32 Å². The van der Waals surface area contributed by atoms with Crippen LogP contribution in [0.4, 0.5) is 5.69 Å². The van der Waals surface area contributed by atoms with Crippen LogP contribution in [0.1, 0.15) is 19.4 Å². The molecule has 0 heterocycles. The van der Waals surface area contributed by atoms with Crippen LogP contribution in [-0.4, -0.2) is 30.3 Å². The highest BCUT2D eigenvalue weighted by Crippen LogP contribution is 2.26. The van der Waals surface area contributed by atoms with E-state index in [9.17, 15) is 9.59 Å². The molecule has 0 atom stereocenters. The number of likely N-dealkylation sites (N-methyl/N-ethyl adjacent to an activating group) is 1. The number of anilines is 1. The van der Waals surface area contributed by atoms with Crippen molar-refractivity contribution < 1.29 is 9.59 Å². The molecule has 0 aliphatic rings. The smallest absolute Gasteiger partial charge is 0.243 e. The molecule has 4 nitrogen and oxygen atoms in total. The molecule has 2 aromatic carbocycles. The van der Waals surface area contributed by atoms with Crippen molar-refractivity contribution in [3.63, 3.8) is 0 Å². The fourth-order valence-corrected chi connectivity index (χ4v) is 2.82. The van der Waals surface area contributed by atoms with Crippen molar-refractivity contribution in [2.75, 3.05) is 18.9 Å². The summed E-state index contributed by atoms with van der Waals surface area (Å²) in [6.07, 6.45) is 0. The molecule has 2 aromatic rings. The van der Waals surface area contributed by atoms with E-state index in [0.717, 1.165) is 5.56 Å². The second kappa shape index (κ2) is 7.89. The summed E-state index contributed by atoms with van der Waals surface area (Å²) in [7, 11) is 1.61. The molecule has 0 bridgehead atoms. The number of hydrogen-bond donors (Lipinski definition) is 1. The van der Waals surface area contributed by atoms with E-state index in [1.165, 1.54) is 4.90 Å². The van der Waals surface area contributed by atoms with Gasteiger partial charge >= 0.3 is 0 Å². The van der Waals surface area contributed by atoms with Gasteiger partial charge in [0.1, 0.15) is 0 Å². The zero-order valence-corrected chi connectivity index (χ0v) is 15.9. The van der Waals surface area contributed by atoms with Gasteiger partial charge in [0, 0.05) is 12.7 Å². The van der Waals surface area contributed by atoms with Crippen LogP contribution in [0.25, 0.3) is 0 Å². The molecule has 2 amide bonds. The number of carbonyl (C=O) groups excluding carboxylic acids is 2. The lowest BCUT2D eigenvalue weighted by Gasteiger charge is -2.29. The Kier molecular flexibility index (Phi) is 6.09. The molecule has 0 aliphatic carbocycles. The number of carbonyl (C=O) groups is 2. The van der Waals surface area contributed by atoms with Crippen LogP contribution in [-0.2, 0) is 15.0 Å². The van der Waals surface area contributed by atoms with Crippen LogP contribution in [0, 0.1) is 0 Å². The van der Waals surface area contributed by atoms with Gasteiger partial charge in [0.25, 0.3) is 0 Å². The zero-order valence-electron chi connectivity index (χ0n) is 14.3. The van der Waals surface area contributed by atoms with Crippen LogP contribution >= 0.6 is 23.2 Å². The first kappa shape index (κ1) is 19.3. The highest BCUT2D eigenvalue weighted by molar-refractivity contribution is 6.42. The number of benzene rings is 2. The van der Waals surface area contributed by atoms with Crippen molar-refractivity contribution in [1.29, 1.82) is 0 Å². The lowest BCUT2D eigenvalue weighted by molar-refractivity contribution is -0.137. The lowest BCUT2D eigenvalue weighted by atomic mass is 9.83. The van der Waals surface area contributed by atoms with Gasteiger partial charge in [0.15, 0.2) is 0 Å². The van der Waals surface area contributed by atoms with Crippen molar-refractivity contribution in [3.05, 3.63) is 64.1 Å². The highest BCUT2D eigenvalue weighted by atomic mass is 35.5. The van der Waals surface area contributed by atoms with Gasteiger partial charge in [-0.1, -0.05) is 53.5 Å². The van der Waals surface area contributed by atoms with E-state index in [4.69, 9.17) is 23.2 Å². The fourth-order valence-electron chi connectivity index (χ4n) is 2.52. The molecule has 0 aromatic heterocycles. The van der Waals surface area contributed by atoms with Gasteiger partial charge < -0.3 is 10.2 Å². The summed E-state index contributed by atoms with van der Waals surface area (Å²) < 4.78 is 0. The first-order chi connectivity index (χ1) is 11.7. The van der Waals surface area contributed by atoms with Gasteiger partial charge in [-0.2, -0.15) is 0 Å². The molecular formula is C19H20Cl2N2O2. The lowest BCUT2D eigenvalue weighted by Crippen LogP contribution is -2.44. The maximum absolute atomic E-state index is 12.8. The average molecular weight is 379 g/mol. The van der Waals surface area contributed by atoms with E-state index < -0.39 is 5.41 Å². The number of amides is 2. The molecule has 0 saturated heterocycles. The Morgan fingerprint density at radius 1 is 1.04 bits per heavy atom. The predicted molar refractivity (Wildman–Crippen MR) is 102 cm³/mol. The van der Waals surface area contributed by atoms with Gasteiger partial charge in [0.2, 0.25) is 11.8 Å². The first-order valence-corrected chi connectivity index (χ1v) is 8.53. The number of rotatable bonds is 5. The molecule has 0 aliphatic heterocycles. The summed E-state index contributed by atoms with van der Waals surface area (Å²) in [4.78, 5) is 26.4. The Balaban J connectivity index is 2.02. The summed E-state index contributed by atoms with van der Waals surface area (Å²) >= 11 is 11.8. The van der Waals surface area contributed by atoms with E-state index in [0.29, 0.717) is 15.7 Å². The topological polar surface area (TPSA) is 49.4 Å². The molecule has 2 rings (SSSR count). The Morgan fingerprint density at radius 2 is 1.68 bits per heavy atom. The molecule has 25 heavy (non-hydrogen) atoms. The summed E-state index contributed by atoms with van der Waals surface area (Å²) in [5, 5.41) is 3.48. The van der Waals surface area contributed by atoms with Gasteiger partial charge in [-0.25, -0.2) is 0 Å². The van der Waals surface area contributed by atoms with Gasteiger partial charge in [0.05, 0.1) is 22.0 Å². The van der Waals surface area contributed by atoms with Crippen LogP contribution in [0.3, 0.4) is 0 Å². The third-order valence-corrected chi connectivity index (χ3v) is 4.70. The van der Waals surface area contributed by atoms with Gasteiger partial charge in [-0.3, -0.25) is 9.59 Å². The second-order valence-corrected chi connectivity index (χ2v) is 7.14. The van der Waals surface area contributed by atoms with Crippen LogP contribution in [0.2, 0.25) is 10.0 Å². The van der Waals surface area contributed by atoms with Crippen molar-refractivity contribution in [2.24, 2.45) is 0 Å². The maximum Gasteiger partial charge on any atom is 0.243 e. The minimum Gasteiger partial charge on any atom is -0.336 e. The fraction of sp³-hybridized carbons (Fsp3) is 0.263. The van der Waals surface area contributed by atoms with Crippen LogP contribution in [0.15, 0.2) is 48.5 Å². The summed E-state index contributed by atoms with van der Waals surface area (Å²) in [5.41, 5.74) is 0.708. The molecule has 1 N–H and O–H groups in total. The van der Waals surface area contributed by atoms with Crippen molar-refractivity contribution in [1.82, 2.24) is 4.90 Å². The van der Waals surface area contributed by atoms with E-state index >= 15 is 0 Å². The largest absolute Gasteiger partial charge is 0.336 e. The highest BCUT2D eigenvalue weighted by Gasteiger charge is 2.32. The molecule has 132 valence electrons. The first-order valence-electron chi connectivity index (χ1n) is 7.78. The van der Waals surface area contributed by atoms with E-state index in [-0.39, 0.29) is 18.4 Å². The molecule has 0 unspecified atom stereocenters. The second-order valence-electron chi connectivity index (χ2n) is 6.33. The Hall–Kier alpha value is -2.04. The van der Waals surface area contributed by atoms with Gasteiger partial charge in [-0.15, -0.1) is 0 Å². The Bertz CT molecular complexity index is 776. The van der Waals surface area contributed by atoms with Crippen molar-refractivity contribution >= 4 is 40.7 Å². The predicted octanol–water partition coefficient (Wildman–Crippen LogP) is 4.37. The standard InChI is InChI=1S/C19H20Cl2N2O2/c1-19(2,13-7-5-4-6-8-13)18(25)23(3)12-17(24)22-14-9-10-15(20)16(21)11-14/h4-11H,12H2,1-3H3,(H,22,24). The summed E-state index contributed by atoms with van der Waals surface area (Å²) in [6.45, 7) is 3.63. The Labute approximate surface area is 157 Å². The third kappa shape index (κ3) is 4.74. The number of hydrogen-bond acceptors (Lipinski definition) is 2. The van der Waals surface area contributed by atoms with Crippen molar-refractivity contribution in [3.8, 4) is 0 Å². The molecule has 0 saturated carbocycles.